The van der Waals surface area contributed by atoms with Crippen molar-refractivity contribution in [2.45, 2.75) is 25.6 Å². The van der Waals surface area contributed by atoms with Gasteiger partial charge in [0.05, 0.1) is 5.41 Å². The lowest BCUT2D eigenvalue weighted by Gasteiger charge is -2.20. The van der Waals surface area contributed by atoms with Gasteiger partial charge in [-0.3, -0.25) is 0 Å². The van der Waals surface area contributed by atoms with Crippen LogP contribution in [0.5, 0.6) is 5.75 Å². The summed E-state index contributed by atoms with van der Waals surface area (Å²) < 4.78 is 6.32. The predicted molar refractivity (Wildman–Crippen MR) is 53.8 cm³/mol. The van der Waals surface area contributed by atoms with Gasteiger partial charge < -0.3 is 9.84 Å². The predicted octanol–water partition coefficient (Wildman–Crippen LogP) is 2.44. The van der Waals surface area contributed by atoms with E-state index >= 15 is 0 Å². The number of hydrogen-bond acceptors (Lipinski definition) is 2. The molecule has 0 saturated heterocycles. The van der Waals surface area contributed by atoms with E-state index in [4.69, 9.17) is 4.74 Å². The summed E-state index contributed by atoms with van der Waals surface area (Å²) in [4.78, 5) is 0. The Morgan fingerprint density at radius 2 is 2.15 bits per heavy atom. The van der Waals surface area contributed by atoms with E-state index < -0.39 is 6.29 Å². The Morgan fingerprint density at radius 3 is 2.85 bits per heavy atom. The molecule has 1 atom stereocenters. The molecule has 0 unspecified atom stereocenters. The molecule has 0 aromatic heterocycles. The van der Waals surface area contributed by atoms with E-state index in [2.05, 4.69) is 15.9 Å². The van der Waals surface area contributed by atoms with Gasteiger partial charge in [-0.15, -0.1) is 0 Å². The van der Waals surface area contributed by atoms with Gasteiger partial charge in [0.25, 0.3) is 0 Å². The van der Waals surface area contributed by atoms with Gasteiger partial charge in [0.2, 0.25) is 6.29 Å². The number of benzene rings is 1. The molecule has 0 bridgehead atoms. The highest BCUT2D eigenvalue weighted by Crippen LogP contribution is 2.42. The van der Waals surface area contributed by atoms with Crippen molar-refractivity contribution in [1.29, 1.82) is 0 Å². The van der Waals surface area contributed by atoms with E-state index in [1.54, 1.807) is 0 Å². The van der Waals surface area contributed by atoms with Crippen molar-refractivity contribution in [3.63, 3.8) is 0 Å². The highest BCUT2D eigenvalue weighted by Gasteiger charge is 2.40. The van der Waals surface area contributed by atoms with E-state index in [-0.39, 0.29) is 5.41 Å². The smallest absolute Gasteiger partial charge is 0.206 e. The van der Waals surface area contributed by atoms with Crippen LogP contribution in [0, 0.1) is 0 Å². The first-order chi connectivity index (χ1) is 6.01. The first-order valence-electron chi connectivity index (χ1n) is 4.16. The Balaban J connectivity index is 2.57. The fourth-order valence-electron chi connectivity index (χ4n) is 1.51. The fourth-order valence-corrected chi connectivity index (χ4v) is 1.87. The lowest BCUT2D eigenvalue weighted by atomic mass is 9.86. The van der Waals surface area contributed by atoms with Crippen LogP contribution in [0.1, 0.15) is 19.4 Å². The Hall–Kier alpha value is -0.540. The van der Waals surface area contributed by atoms with Gasteiger partial charge in [0, 0.05) is 10.0 Å². The maximum absolute atomic E-state index is 9.63. The van der Waals surface area contributed by atoms with Crippen molar-refractivity contribution in [1.82, 2.24) is 0 Å². The first-order valence-corrected chi connectivity index (χ1v) is 4.96. The molecule has 0 radical (unpaired) electrons. The van der Waals surface area contributed by atoms with Crippen LogP contribution in [-0.4, -0.2) is 11.4 Å². The third kappa shape index (κ3) is 1.27. The Kier molecular flexibility index (Phi) is 1.89. The average molecular weight is 243 g/mol. The Morgan fingerprint density at radius 1 is 1.46 bits per heavy atom. The highest BCUT2D eigenvalue weighted by molar-refractivity contribution is 9.10. The molecule has 2 rings (SSSR count). The molecule has 1 aliphatic rings. The summed E-state index contributed by atoms with van der Waals surface area (Å²) in [6, 6.07) is 5.77. The zero-order valence-electron chi connectivity index (χ0n) is 7.54. The minimum atomic E-state index is -0.739. The second kappa shape index (κ2) is 2.72. The van der Waals surface area contributed by atoms with E-state index in [0.717, 1.165) is 15.8 Å². The summed E-state index contributed by atoms with van der Waals surface area (Å²) in [6.07, 6.45) is -0.739. The molecular weight excluding hydrogens is 232 g/mol. The molecule has 13 heavy (non-hydrogen) atoms. The summed E-state index contributed by atoms with van der Waals surface area (Å²) in [5, 5.41) is 9.63. The number of ether oxygens (including phenoxy) is 1. The molecular formula is C10H11BrO2. The summed E-state index contributed by atoms with van der Waals surface area (Å²) in [7, 11) is 0. The van der Waals surface area contributed by atoms with E-state index in [9.17, 15) is 5.11 Å². The molecule has 1 aromatic rings. The third-order valence-electron chi connectivity index (χ3n) is 2.49. The number of hydrogen-bond donors (Lipinski definition) is 1. The number of rotatable bonds is 0. The van der Waals surface area contributed by atoms with Crippen LogP contribution in [0.25, 0.3) is 0 Å². The van der Waals surface area contributed by atoms with Gasteiger partial charge in [0.15, 0.2) is 0 Å². The molecule has 0 saturated carbocycles. The van der Waals surface area contributed by atoms with Crippen molar-refractivity contribution >= 4 is 15.9 Å². The molecule has 0 amide bonds. The molecule has 0 aliphatic carbocycles. The Bertz CT molecular complexity index is 347. The SMILES string of the molecule is CC1(C)c2cc(Br)ccc2O[C@H]1O. The summed E-state index contributed by atoms with van der Waals surface area (Å²) >= 11 is 3.40. The second-order valence-corrected chi connectivity index (χ2v) is 4.75. The van der Waals surface area contributed by atoms with Gasteiger partial charge in [-0.05, 0) is 32.0 Å². The van der Waals surface area contributed by atoms with Crippen LogP contribution in [0.15, 0.2) is 22.7 Å². The standard InChI is InChI=1S/C10H11BrO2/c1-10(2)7-5-6(11)3-4-8(7)13-9(10)12/h3-5,9,12H,1-2H3/t9-/m1/s1. The zero-order valence-corrected chi connectivity index (χ0v) is 9.13. The van der Waals surface area contributed by atoms with E-state index in [0.29, 0.717) is 0 Å². The normalized spacial score (nSPS) is 23.8. The number of aliphatic hydroxyl groups excluding tert-OH is 1. The Labute approximate surface area is 85.7 Å². The zero-order chi connectivity index (χ0) is 9.64. The molecule has 1 aliphatic heterocycles. The van der Waals surface area contributed by atoms with Gasteiger partial charge in [-0.25, -0.2) is 0 Å². The topological polar surface area (TPSA) is 29.5 Å². The number of aliphatic hydroxyl groups is 1. The number of halogens is 1. The van der Waals surface area contributed by atoms with Crippen LogP contribution in [0.2, 0.25) is 0 Å². The minimum Gasteiger partial charge on any atom is -0.464 e. The fraction of sp³-hybridized carbons (Fsp3) is 0.400. The van der Waals surface area contributed by atoms with Crippen molar-refractivity contribution in [2.24, 2.45) is 0 Å². The van der Waals surface area contributed by atoms with Crippen molar-refractivity contribution < 1.29 is 9.84 Å². The van der Waals surface area contributed by atoms with Crippen molar-refractivity contribution in [3.05, 3.63) is 28.2 Å². The van der Waals surface area contributed by atoms with Crippen LogP contribution < -0.4 is 4.74 Å². The average Bonchev–Trinajstić information content (AvgIpc) is 2.27. The quantitative estimate of drug-likeness (QED) is 0.758. The molecule has 2 nitrogen and oxygen atoms in total. The van der Waals surface area contributed by atoms with Crippen molar-refractivity contribution in [2.75, 3.05) is 0 Å². The summed E-state index contributed by atoms with van der Waals surface area (Å²) in [6.45, 7) is 3.94. The molecule has 0 fully saturated rings. The maximum atomic E-state index is 9.63. The van der Waals surface area contributed by atoms with Crippen LogP contribution >= 0.6 is 15.9 Å². The minimum absolute atomic E-state index is 0.320. The first kappa shape index (κ1) is 9.03. The van der Waals surface area contributed by atoms with Gasteiger partial charge in [-0.2, -0.15) is 0 Å². The molecule has 70 valence electrons. The van der Waals surface area contributed by atoms with Crippen LogP contribution in [0.4, 0.5) is 0 Å². The molecule has 0 spiro atoms. The lowest BCUT2D eigenvalue weighted by Crippen LogP contribution is -2.31. The molecule has 1 N–H and O–H groups in total. The highest BCUT2D eigenvalue weighted by atomic mass is 79.9. The molecule has 1 aromatic carbocycles. The van der Waals surface area contributed by atoms with Gasteiger partial charge >= 0.3 is 0 Å². The second-order valence-electron chi connectivity index (χ2n) is 3.83. The van der Waals surface area contributed by atoms with Gasteiger partial charge in [0.1, 0.15) is 5.75 Å². The molecule has 1 heterocycles. The van der Waals surface area contributed by atoms with Crippen LogP contribution in [-0.2, 0) is 5.41 Å². The monoisotopic (exact) mass is 242 g/mol. The summed E-state index contributed by atoms with van der Waals surface area (Å²) in [5.41, 5.74) is 0.730. The van der Waals surface area contributed by atoms with E-state index in [1.807, 2.05) is 32.0 Å². The van der Waals surface area contributed by atoms with Crippen molar-refractivity contribution in [3.8, 4) is 5.75 Å². The lowest BCUT2D eigenvalue weighted by molar-refractivity contribution is -0.0450. The largest absolute Gasteiger partial charge is 0.464 e. The third-order valence-corrected chi connectivity index (χ3v) is 2.99. The molecule has 3 heteroatoms. The summed E-state index contributed by atoms with van der Waals surface area (Å²) in [5.74, 6) is 0.778. The number of fused-ring (bicyclic) bond motifs is 1. The maximum Gasteiger partial charge on any atom is 0.206 e. The van der Waals surface area contributed by atoms with E-state index in [1.165, 1.54) is 0 Å². The van der Waals surface area contributed by atoms with Crippen LogP contribution in [0.3, 0.4) is 0 Å². The van der Waals surface area contributed by atoms with Gasteiger partial charge in [-0.1, -0.05) is 15.9 Å².